The van der Waals surface area contributed by atoms with Crippen molar-refractivity contribution in [2.75, 3.05) is 13.1 Å². The van der Waals surface area contributed by atoms with E-state index in [1.54, 1.807) is 4.90 Å². The van der Waals surface area contributed by atoms with Crippen LogP contribution in [0.25, 0.3) is 0 Å². The molecule has 1 heterocycles. The fourth-order valence-corrected chi connectivity index (χ4v) is 5.07. The lowest BCUT2D eigenvalue weighted by Gasteiger charge is -2.36. The molecule has 0 aromatic carbocycles. The Bertz CT molecular complexity index is 454. The van der Waals surface area contributed by atoms with Crippen LogP contribution in [0.5, 0.6) is 0 Å². The monoisotopic (exact) mass is 303 g/mol. The predicted octanol–water partition coefficient (Wildman–Crippen LogP) is 2.35. The van der Waals surface area contributed by atoms with E-state index in [1.807, 2.05) is 20.8 Å². The van der Waals surface area contributed by atoms with Gasteiger partial charge >= 0.3 is 6.09 Å². The zero-order valence-corrected chi connectivity index (χ0v) is 13.4. The van der Waals surface area contributed by atoms with Gasteiger partial charge in [0.25, 0.3) is 0 Å². The Morgan fingerprint density at radius 2 is 1.55 bits per heavy atom. The summed E-state index contributed by atoms with van der Waals surface area (Å²) in [5.41, 5.74) is -0.508. The van der Waals surface area contributed by atoms with E-state index in [2.05, 4.69) is 0 Å². The largest absolute Gasteiger partial charge is 0.444 e. The van der Waals surface area contributed by atoms with E-state index >= 15 is 0 Å². The fraction of sp³-hybridized carbons (Fsp3) is 0.929. The van der Waals surface area contributed by atoms with Gasteiger partial charge in [-0.15, -0.1) is 0 Å². The second kappa shape index (κ2) is 5.54. The van der Waals surface area contributed by atoms with Gasteiger partial charge in [0, 0.05) is 13.1 Å². The van der Waals surface area contributed by atoms with Crippen LogP contribution in [-0.4, -0.2) is 48.6 Å². The first-order valence-electron chi connectivity index (χ1n) is 7.41. The average molecular weight is 303 g/mol. The maximum atomic E-state index is 12.3. The van der Waals surface area contributed by atoms with Crippen molar-refractivity contribution in [3.05, 3.63) is 0 Å². The molecule has 5 nitrogen and oxygen atoms in total. The number of nitrogens with zero attached hydrogens (tertiary/aromatic N) is 1. The molecule has 116 valence electrons. The molecule has 2 rings (SSSR count). The van der Waals surface area contributed by atoms with Crippen molar-refractivity contribution >= 4 is 15.9 Å². The van der Waals surface area contributed by atoms with Crippen molar-refractivity contribution in [1.82, 2.24) is 4.90 Å². The average Bonchev–Trinajstić information content (AvgIpc) is 2.24. The molecule has 0 unspecified atom stereocenters. The number of carbonyl (C=O) groups is 1. The molecule has 0 radical (unpaired) electrons. The van der Waals surface area contributed by atoms with Gasteiger partial charge in [-0.3, -0.25) is 0 Å². The van der Waals surface area contributed by atoms with Crippen LogP contribution in [0.3, 0.4) is 0 Å². The summed E-state index contributed by atoms with van der Waals surface area (Å²) in [5, 5.41) is -0.396. The molecule has 1 aliphatic carbocycles. The second-order valence-corrected chi connectivity index (χ2v) is 9.32. The van der Waals surface area contributed by atoms with E-state index in [0.717, 1.165) is 19.3 Å². The van der Waals surface area contributed by atoms with E-state index in [0.29, 0.717) is 25.9 Å². The molecular weight excluding hydrogens is 278 g/mol. The minimum atomic E-state index is -2.99. The topological polar surface area (TPSA) is 63.7 Å². The van der Waals surface area contributed by atoms with Gasteiger partial charge in [0.05, 0.1) is 10.5 Å². The van der Waals surface area contributed by atoms with E-state index < -0.39 is 15.4 Å². The van der Waals surface area contributed by atoms with Crippen molar-refractivity contribution in [1.29, 1.82) is 0 Å². The molecule has 1 saturated carbocycles. The Kier molecular flexibility index (Phi) is 4.33. The summed E-state index contributed by atoms with van der Waals surface area (Å²) in [4.78, 5) is 13.5. The van der Waals surface area contributed by atoms with Crippen LogP contribution in [0.4, 0.5) is 4.79 Å². The highest BCUT2D eigenvalue weighted by Gasteiger charge is 2.40. The van der Waals surface area contributed by atoms with Gasteiger partial charge in [0.1, 0.15) is 5.60 Å². The third-order valence-electron chi connectivity index (χ3n) is 4.08. The Hall–Kier alpha value is -0.780. The van der Waals surface area contributed by atoms with Crippen molar-refractivity contribution in [2.45, 2.75) is 69.0 Å². The highest BCUT2D eigenvalue weighted by atomic mass is 32.2. The van der Waals surface area contributed by atoms with Crippen LogP contribution < -0.4 is 0 Å². The molecule has 0 N–H and O–H groups in total. The van der Waals surface area contributed by atoms with Crippen LogP contribution in [0.15, 0.2) is 0 Å². The van der Waals surface area contributed by atoms with Crippen LogP contribution in [-0.2, 0) is 14.6 Å². The first-order chi connectivity index (χ1) is 9.20. The van der Waals surface area contributed by atoms with E-state index in [1.165, 1.54) is 0 Å². The summed E-state index contributed by atoms with van der Waals surface area (Å²) in [7, 11) is -2.99. The molecule has 0 aromatic heterocycles. The number of carbonyl (C=O) groups excluding carboxylic acids is 1. The predicted molar refractivity (Wildman–Crippen MR) is 77.4 cm³/mol. The number of piperidine rings is 1. The summed E-state index contributed by atoms with van der Waals surface area (Å²) in [6, 6.07) is 0. The molecule has 0 bridgehead atoms. The van der Waals surface area contributed by atoms with Crippen molar-refractivity contribution < 1.29 is 17.9 Å². The highest BCUT2D eigenvalue weighted by Crippen LogP contribution is 2.32. The fourth-order valence-electron chi connectivity index (χ4n) is 2.66. The molecular formula is C14H25NO4S. The molecule has 0 aromatic rings. The van der Waals surface area contributed by atoms with Crippen LogP contribution in [0.1, 0.15) is 52.9 Å². The summed E-state index contributed by atoms with van der Waals surface area (Å²) >= 11 is 0. The van der Waals surface area contributed by atoms with Crippen LogP contribution in [0, 0.1) is 0 Å². The van der Waals surface area contributed by atoms with Gasteiger partial charge in [-0.2, -0.15) is 0 Å². The van der Waals surface area contributed by atoms with Gasteiger partial charge in [0.15, 0.2) is 9.84 Å². The van der Waals surface area contributed by atoms with Crippen molar-refractivity contribution in [3.63, 3.8) is 0 Å². The van der Waals surface area contributed by atoms with E-state index in [9.17, 15) is 13.2 Å². The molecule has 0 atom stereocenters. The normalized spacial score (nSPS) is 22.4. The van der Waals surface area contributed by atoms with Crippen molar-refractivity contribution in [3.8, 4) is 0 Å². The molecule has 2 fully saturated rings. The summed E-state index contributed by atoms with van der Waals surface area (Å²) in [6.45, 7) is 6.45. The minimum Gasteiger partial charge on any atom is -0.444 e. The van der Waals surface area contributed by atoms with Crippen LogP contribution in [0.2, 0.25) is 0 Å². The van der Waals surface area contributed by atoms with Gasteiger partial charge in [0.2, 0.25) is 0 Å². The zero-order chi connectivity index (χ0) is 15.0. The van der Waals surface area contributed by atoms with E-state index in [-0.39, 0.29) is 16.6 Å². The Balaban J connectivity index is 1.87. The number of likely N-dealkylation sites (tertiary alicyclic amines) is 1. The first-order valence-corrected chi connectivity index (χ1v) is 9.02. The smallest absolute Gasteiger partial charge is 0.410 e. The molecule has 20 heavy (non-hydrogen) atoms. The third-order valence-corrected chi connectivity index (χ3v) is 6.88. The Morgan fingerprint density at radius 1 is 1.05 bits per heavy atom. The van der Waals surface area contributed by atoms with Crippen molar-refractivity contribution in [2.24, 2.45) is 0 Å². The zero-order valence-electron chi connectivity index (χ0n) is 12.6. The number of amides is 1. The lowest BCUT2D eigenvalue weighted by Crippen LogP contribution is -2.47. The molecule has 2 aliphatic rings. The van der Waals surface area contributed by atoms with Gasteiger partial charge in [-0.05, 0) is 46.5 Å². The minimum absolute atomic E-state index is 0.124. The standard InChI is InChI=1S/C14H25NO4S/c1-14(2,3)19-13(16)15-9-7-12(8-10-15)20(17,18)11-5-4-6-11/h11-12H,4-10H2,1-3H3. The number of rotatable bonds is 2. The lowest BCUT2D eigenvalue weighted by molar-refractivity contribution is 0.0217. The lowest BCUT2D eigenvalue weighted by atomic mass is 10.00. The first kappa shape index (κ1) is 15.6. The highest BCUT2D eigenvalue weighted by molar-refractivity contribution is 7.92. The summed E-state index contributed by atoms with van der Waals surface area (Å²) in [6.07, 6.45) is 3.40. The summed E-state index contributed by atoms with van der Waals surface area (Å²) in [5.74, 6) is 0. The maximum Gasteiger partial charge on any atom is 0.410 e. The van der Waals surface area contributed by atoms with E-state index in [4.69, 9.17) is 4.74 Å². The Labute approximate surface area is 121 Å². The second-order valence-electron chi connectivity index (χ2n) is 6.81. The maximum absolute atomic E-state index is 12.3. The number of hydrogen-bond acceptors (Lipinski definition) is 4. The molecule has 1 amide bonds. The molecule has 0 spiro atoms. The SMILES string of the molecule is CC(C)(C)OC(=O)N1CCC(S(=O)(=O)C2CCC2)CC1. The number of sulfone groups is 1. The summed E-state index contributed by atoms with van der Waals surface area (Å²) < 4.78 is 30.0. The van der Waals surface area contributed by atoms with Gasteiger partial charge in [-0.1, -0.05) is 6.42 Å². The molecule has 1 saturated heterocycles. The Morgan fingerprint density at radius 3 is 1.95 bits per heavy atom. The third kappa shape index (κ3) is 3.45. The van der Waals surface area contributed by atoms with Gasteiger partial charge < -0.3 is 9.64 Å². The van der Waals surface area contributed by atoms with Gasteiger partial charge in [-0.25, -0.2) is 13.2 Å². The number of hydrogen-bond donors (Lipinski definition) is 0. The molecule has 6 heteroatoms. The van der Waals surface area contributed by atoms with Crippen LogP contribution >= 0.6 is 0 Å². The quantitative estimate of drug-likeness (QED) is 0.785. The molecule has 1 aliphatic heterocycles. The number of ether oxygens (including phenoxy) is 1.